The van der Waals surface area contributed by atoms with Crippen LogP contribution in [0, 0.1) is 0 Å². The fourth-order valence-corrected chi connectivity index (χ4v) is 9.53. The average Bonchev–Trinajstić information content (AvgIpc) is 3.41. The first-order valence-corrected chi connectivity index (χ1v) is 28.4. The summed E-state index contributed by atoms with van der Waals surface area (Å²) in [6.45, 7) is 4.07. The normalized spacial score (nSPS) is 18.6. The zero-order chi connectivity index (χ0) is 51.3. The highest BCUT2D eigenvalue weighted by atomic mass is 16.7. The Morgan fingerprint density at radius 3 is 1.43 bits per heavy atom. The number of carbonyl (C=O) groups excluding carboxylic acids is 3. The quantitative estimate of drug-likeness (QED) is 0.0370. The molecule has 7 atom stereocenters. The van der Waals surface area contributed by atoms with Crippen LogP contribution in [0.3, 0.4) is 0 Å². The Kier molecular flexibility index (Phi) is 32.3. The van der Waals surface area contributed by atoms with Gasteiger partial charge in [0.2, 0.25) is 5.91 Å². The highest BCUT2D eigenvalue weighted by Crippen LogP contribution is 2.30. The molecule has 402 valence electrons. The Morgan fingerprint density at radius 1 is 0.556 bits per heavy atom. The van der Waals surface area contributed by atoms with E-state index in [2.05, 4.69) is 19.2 Å². The van der Waals surface area contributed by atoms with Crippen molar-refractivity contribution in [1.82, 2.24) is 5.32 Å². The van der Waals surface area contributed by atoms with E-state index < -0.39 is 61.4 Å². The summed E-state index contributed by atoms with van der Waals surface area (Å²) in [5.41, 5.74) is 1.45. The summed E-state index contributed by atoms with van der Waals surface area (Å²) in [6.07, 6.45) is 25.1. The summed E-state index contributed by atoms with van der Waals surface area (Å²) in [5, 5.41) is 25.3. The van der Waals surface area contributed by atoms with E-state index in [1.54, 1.807) is 60.7 Å². The van der Waals surface area contributed by atoms with Gasteiger partial charge in [-0.25, -0.2) is 9.59 Å². The zero-order valence-corrected chi connectivity index (χ0v) is 44.3. The van der Waals surface area contributed by atoms with Crippen molar-refractivity contribution in [2.24, 2.45) is 0 Å². The molecule has 0 unspecified atom stereocenters. The molecular weight excluding hydrogens is 907 g/mol. The molecule has 1 amide bonds. The van der Waals surface area contributed by atoms with Crippen molar-refractivity contribution >= 4 is 17.8 Å². The number of rotatable bonds is 41. The molecule has 1 saturated heterocycles. The van der Waals surface area contributed by atoms with Gasteiger partial charge in [0, 0.05) is 6.42 Å². The third-order valence-corrected chi connectivity index (χ3v) is 13.9. The van der Waals surface area contributed by atoms with E-state index in [-0.39, 0.29) is 23.6 Å². The Bertz CT molecular complexity index is 1820. The summed E-state index contributed by atoms with van der Waals surface area (Å²) >= 11 is 0. The third-order valence-electron chi connectivity index (χ3n) is 13.9. The Balaban J connectivity index is 1.48. The van der Waals surface area contributed by atoms with E-state index in [0.29, 0.717) is 19.4 Å². The number of aliphatic hydroxyl groups is 2. The van der Waals surface area contributed by atoms with Crippen LogP contribution >= 0.6 is 0 Å². The fraction of sp³-hybridized carbons (Fsp3) is 0.656. The molecule has 0 aliphatic carbocycles. The molecule has 1 aliphatic heterocycles. The lowest BCUT2D eigenvalue weighted by molar-refractivity contribution is -0.301. The maximum atomic E-state index is 13.9. The Morgan fingerprint density at radius 2 is 0.972 bits per heavy atom. The van der Waals surface area contributed by atoms with Crippen LogP contribution in [-0.4, -0.2) is 84.1 Å². The topological polar surface area (TPSA) is 150 Å². The molecule has 0 aromatic heterocycles. The zero-order valence-electron chi connectivity index (χ0n) is 44.3. The van der Waals surface area contributed by atoms with E-state index in [0.717, 1.165) is 44.1 Å². The van der Waals surface area contributed by atoms with Gasteiger partial charge in [-0.3, -0.25) is 4.79 Å². The van der Waals surface area contributed by atoms with Crippen LogP contribution in [0.15, 0.2) is 91.0 Å². The predicted octanol–water partition coefficient (Wildman–Crippen LogP) is 13.6. The van der Waals surface area contributed by atoms with Crippen molar-refractivity contribution in [2.75, 3.05) is 13.2 Å². The minimum Gasteiger partial charge on any atom is -0.452 e. The molecule has 1 fully saturated rings. The van der Waals surface area contributed by atoms with Gasteiger partial charge in [0.1, 0.15) is 12.2 Å². The summed E-state index contributed by atoms with van der Waals surface area (Å²) in [5.74, 6) is -1.62. The van der Waals surface area contributed by atoms with Gasteiger partial charge in [0.05, 0.1) is 43.1 Å². The van der Waals surface area contributed by atoms with Gasteiger partial charge in [-0.1, -0.05) is 241 Å². The number of nitrogens with one attached hydrogen (secondary N) is 1. The number of aliphatic hydroxyl groups excluding tert-OH is 2. The summed E-state index contributed by atoms with van der Waals surface area (Å²) in [6, 6.07) is 25.9. The second-order valence-electron chi connectivity index (χ2n) is 20.1. The SMILES string of the molecule is CCCCCCCCCCCCCCCC(=O)N[C@@H](CO[C@H]1O[C@H](CO)[C@H](O)[C@H](OC(=O)c2ccccc2)[C@H]1OC(=O)c1ccccc1)[C@@H](CCCCCCCCCCCCCCC)OCc1ccccc1. The largest absolute Gasteiger partial charge is 0.452 e. The van der Waals surface area contributed by atoms with E-state index in [1.165, 1.54) is 128 Å². The number of hydrogen-bond donors (Lipinski definition) is 3. The minimum absolute atomic E-state index is 0.111. The van der Waals surface area contributed by atoms with Crippen molar-refractivity contribution in [1.29, 1.82) is 0 Å². The van der Waals surface area contributed by atoms with Crippen molar-refractivity contribution in [3.63, 3.8) is 0 Å². The number of hydrogen-bond acceptors (Lipinski definition) is 10. The van der Waals surface area contributed by atoms with E-state index >= 15 is 0 Å². The molecular formula is C61H93NO10. The average molecular weight is 1000 g/mol. The molecule has 1 aliphatic rings. The molecule has 11 heteroatoms. The van der Waals surface area contributed by atoms with Gasteiger partial charge < -0.3 is 39.2 Å². The van der Waals surface area contributed by atoms with Crippen LogP contribution in [0.2, 0.25) is 0 Å². The van der Waals surface area contributed by atoms with Crippen LogP contribution in [0.25, 0.3) is 0 Å². The van der Waals surface area contributed by atoms with E-state index in [1.807, 2.05) is 30.3 Å². The van der Waals surface area contributed by atoms with Crippen molar-refractivity contribution in [3.8, 4) is 0 Å². The number of amides is 1. The lowest BCUT2D eigenvalue weighted by atomic mass is 9.98. The Labute approximate surface area is 433 Å². The lowest BCUT2D eigenvalue weighted by Gasteiger charge is -2.43. The number of ether oxygens (including phenoxy) is 5. The molecule has 72 heavy (non-hydrogen) atoms. The first-order chi connectivity index (χ1) is 35.3. The smallest absolute Gasteiger partial charge is 0.338 e. The molecule has 0 spiro atoms. The minimum atomic E-state index is -1.58. The van der Waals surface area contributed by atoms with Crippen LogP contribution < -0.4 is 5.32 Å². The number of carbonyl (C=O) groups is 3. The first kappa shape index (κ1) is 60.4. The van der Waals surface area contributed by atoms with E-state index in [4.69, 9.17) is 23.7 Å². The van der Waals surface area contributed by atoms with E-state index in [9.17, 15) is 24.6 Å². The number of benzene rings is 3. The molecule has 11 nitrogen and oxygen atoms in total. The van der Waals surface area contributed by atoms with Gasteiger partial charge in [0.15, 0.2) is 18.5 Å². The molecule has 3 N–H and O–H groups in total. The van der Waals surface area contributed by atoms with Gasteiger partial charge in [-0.15, -0.1) is 0 Å². The number of unbranched alkanes of at least 4 members (excludes halogenated alkanes) is 24. The van der Waals surface area contributed by atoms with Crippen molar-refractivity contribution in [2.45, 2.75) is 243 Å². The fourth-order valence-electron chi connectivity index (χ4n) is 9.53. The van der Waals surface area contributed by atoms with Gasteiger partial charge in [0.25, 0.3) is 0 Å². The summed E-state index contributed by atoms with van der Waals surface area (Å²) in [7, 11) is 0. The van der Waals surface area contributed by atoms with Gasteiger partial charge in [-0.2, -0.15) is 0 Å². The van der Waals surface area contributed by atoms with Crippen molar-refractivity contribution in [3.05, 3.63) is 108 Å². The van der Waals surface area contributed by atoms with Crippen LogP contribution in [0.1, 0.15) is 220 Å². The first-order valence-electron chi connectivity index (χ1n) is 28.4. The van der Waals surface area contributed by atoms with Crippen LogP contribution in [-0.2, 0) is 35.1 Å². The molecule has 3 aromatic carbocycles. The summed E-state index contributed by atoms with van der Waals surface area (Å²) < 4.78 is 31.4. The molecule has 4 rings (SSSR count). The third kappa shape index (κ3) is 24.7. The maximum absolute atomic E-state index is 13.9. The molecule has 1 heterocycles. The second kappa shape index (κ2) is 38.4. The predicted molar refractivity (Wildman–Crippen MR) is 287 cm³/mol. The molecule has 0 saturated carbocycles. The lowest BCUT2D eigenvalue weighted by Crippen LogP contribution is -2.62. The summed E-state index contributed by atoms with van der Waals surface area (Å²) in [4.78, 5) is 41.2. The second-order valence-corrected chi connectivity index (χ2v) is 20.1. The van der Waals surface area contributed by atoms with Crippen LogP contribution in [0.5, 0.6) is 0 Å². The van der Waals surface area contributed by atoms with Crippen LogP contribution in [0.4, 0.5) is 0 Å². The van der Waals surface area contributed by atoms with Gasteiger partial charge in [-0.05, 0) is 42.7 Å². The standard InChI is InChI=1S/C61H93NO10/c1-3-5-7-9-11-13-15-17-19-21-23-25-36-44-53(68-47-49-38-30-27-31-39-49)52(62-55(64)45-37-26-24-22-20-18-16-14-12-10-8-6-4-2)48-69-61-58(72-60(67)51-42-34-29-35-43-51)57(56(65)54(46-63)70-61)71-59(66)50-40-32-28-33-41-50/h27-35,38-43,52-54,56-58,61,63,65H,3-26,36-37,44-48H2,1-2H3,(H,62,64)/t52-,53+,54+,56-,57-,58+,61-/m0/s1. The number of esters is 2. The molecule has 0 radical (unpaired) electrons. The molecule has 3 aromatic rings. The molecule has 0 bridgehead atoms. The monoisotopic (exact) mass is 1000 g/mol. The highest BCUT2D eigenvalue weighted by Gasteiger charge is 2.51. The van der Waals surface area contributed by atoms with Gasteiger partial charge >= 0.3 is 11.9 Å². The maximum Gasteiger partial charge on any atom is 0.338 e. The van der Waals surface area contributed by atoms with Crippen molar-refractivity contribution < 1.29 is 48.3 Å². The Hall–Kier alpha value is -4.13. The highest BCUT2D eigenvalue weighted by molar-refractivity contribution is 5.90.